The van der Waals surface area contributed by atoms with Gasteiger partial charge in [0.1, 0.15) is 11.6 Å². The van der Waals surface area contributed by atoms with Gasteiger partial charge < -0.3 is 10.1 Å². The van der Waals surface area contributed by atoms with Crippen molar-refractivity contribution in [1.29, 1.82) is 0 Å². The Hall–Kier alpha value is -1.59. The second-order valence-electron chi connectivity index (χ2n) is 3.93. The van der Waals surface area contributed by atoms with Gasteiger partial charge in [0.25, 0.3) is 5.91 Å². The molecule has 0 saturated heterocycles. The Morgan fingerprint density at radius 2 is 2.05 bits per heavy atom. The third kappa shape index (κ3) is 3.29. The fourth-order valence-corrected chi connectivity index (χ4v) is 2.02. The second-order valence-corrected chi connectivity index (χ2v) is 5.19. The minimum absolute atomic E-state index is 0.0240. The maximum atomic E-state index is 13.3. The minimum atomic E-state index is -0.635. The van der Waals surface area contributed by atoms with E-state index >= 15 is 0 Å². The molecule has 0 aliphatic heterocycles. The molecule has 20 heavy (non-hydrogen) atoms. The lowest BCUT2D eigenvalue weighted by Gasteiger charge is -2.09. The largest absolute Gasteiger partial charge is 0.497 e. The van der Waals surface area contributed by atoms with Crippen molar-refractivity contribution in [3.8, 4) is 5.75 Å². The first kappa shape index (κ1) is 14.8. The van der Waals surface area contributed by atoms with E-state index in [1.807, 2.05) is 0 Å². The number of carbonyl (C=O) groups is 1. The number of benzene rings is 2. The highest BCUT2D eigenvalue weighted by Crippen LogP contribution is 2.27. The summed E-state index contributed by atoms with van der Waals surface area (Å²) < 4.78 is 19.1. The minimum Gasteiger partial charge on any atom is -0.497 e. The first-order valence-corrected chi connectivity index (χ1v) is 6.78. The summed E-state index contributed by atoms with van der Waals surface area (Å²) in [5.41, 5.74) is 0.714. The van der Waals surface area contributed by atoms with Crippen molar-refractivity contribution in [3.05, 3.63) is 57.3 Å². The van der Waals surface area contributed by atoms with Crippen molar-refractivity contribution < 1.29 is 13.9 Å². The van der Waals surface area contributed by atoms with Crippen molar-refractivity contribution >= 4 is 39.1 Å². The fraction of sp³-hybridized carbons (Fsp3) is 0.0714. The molecule has 0 radical (unpaired) electrons. The van der Waals surface area contributed by atoms with Crippen molar-refractivity contribution in [2.24, 2.45) is 0 Å². The average Bonchev–Trinajstić information content (AvgIpc) is 2.44. The van der Waals surface area contributed by atoms with E-state index in [-0.39, 0.29) is 10.6 Å². The van der Waals surface area contributed by atoms with Crippen LogP contribution in [0.2, 0.25) is 5.02 Å². The van der Waals surface area contributed by atoms with Gasteiger partial charge in [-0.3, -0.25) is 4.79 Å². The monoisotopic (exact) mass is 357 g/mol. The molecule has 104 valence electrons. The topological polar surface area (TPSA) is 38.3 Å². The first-order valence-electron chi connectivity index (χ1n) is 5.61. The Labute approximate surface area is 128 Å². The molecular formula is C14H10BrClFNO2. The second kappa shape index (κ2) is 6.24. The smallest absolute Gasteiger partial charge is 0.255 e. The summed E-state index contributed by atoms with van der Waals surface area (Å²) in [5, 5.41) is 2.65. The van der Waals surface area contributed by atoms with E-state index < -0.39 is 11.7 Å². The number of amides is 1. The number of carbonyl (C=O) groups excluding carboxylic acids is 1. The summed E-state index contributed by atoms with van der Waals surface area (Å²) in [6, 6.07) is 9.04. The molecule has 2 aromatic carbocycles. The summed E-state index contributed by atoms with van der Waals surface area (Å²) in [7, 11) is 1.53. The number of hydrogen-bond acceptors (Lipinski definition) is 2. The van der Waals surface area contributed by atoms with E-state index in [1.54, 1.807) is 18.2 Å². The SMILES string of the molecule is COc1ccc(Br)c(NC(=O)c2ccc(Cl)c(F)c2)c1. The van der Waals surface area contributed by atoms with Gasteiger partial charge in [0, 0.05) is 16.1 Å². The molecule has 6 heteroatoms. The highest BCUT2D eigenvalue weighted by atomic mass is 79.9. The number of methoxy groups -OCH3 is 1. The molecule has 3 nitrogen and oxygen atoms in total. The van der Waals surface area contributed by atoms with Crippen LogP contribution in [0.25, 0.3) is 0 Å². The van der Waals surface area contributed by atoms with Gasteiger partial charge in [0.2, 0.25) is 0 Å². The van der Waals surface area contributed by atoms with Gasteiger partial charge in [0.15, 0.2) is 0 Å². The summed E-state index contributed by atoms with van der Waals surface area (Å²) in [5.74, 6) is -0.468. The molecule has 0 unspecified atom stereocenters. The van der Waals surface area contributed by atoms with Crippen LogP contribution in [0.1, 0.15) is 10.4 Å². The summed E-state index contributed by atoms with van der Waals surface area (Å²) >= 11 is 8.90. The van der Waals surface area contributed by atoms with Crippen LogP contribution in [0.4, 0.5) is 10.1 Å². The number of ether oxygens (including phenoxy) is 1. The summed E-state index contributed by atoms with van der Waals surface area (Å²) in [4.78, 5) is 12.0. The molecular weight excluding hydrogens is 349 g/mol. The summed E-state index contributed by atoms with van der Waals surface area (Å²) in [6.45, 7) is 0. The van der Waals surface area contributed by atoms with Crippen LogP contribution in [0.5, 0.6) is 5.75 Å². The molecule has 1 amide bonds. The van der Waals surface area contributed by atoms with E-state index in [9.17, 15) is 9.18 Å². The van der Waals surface area contributed by atoms with E-state index in [4.69, 9.17) is 16.3 Å². The number of halogens is 3. The normalized spacial score (nSPS) is 10.2. The van der Waals surface area contributed by atoms with Crippen LogP contribution >= 0.6 is 27.5 Å². The lowest BCUT2D eigenvalue weighted by Crippen LogP contribution is -2.12. The highest BCUT2D eigenvalue weighted by Gasteiger charge is 2.11. The van der Waals surface area contributed by atoms with Gasteiger partial charge in [0.05, 0.1) is 17.8 Å². The van der Waals surface area contributed by atoms with Gasteiger partial charge in [-0.15, -0.1) is 0 Å². The molecule has 0 saturated carbocycles. The van der Waals surface area contributed by atoms with Gasteiger partial charge >= 0.3 is 0 Å². The Morgan fingerprint density at radius 1 is 1.30 bits per heavy atom. The van der Waals surface area contributed by atoms with E-state index in [1.165, 1.54) is 19.2 Å². The third-order valence-corrected chi connectivity index (χ3v) is 3.60. The molecule has 0 atom stereocenters. The van der Waals surface area contributed by atoms with Crippen LogP contribution in [-0.4, -0.2) is 13.0 Å². The molecule has 1 N–H and O–H groups in total. The van der Waals surface area contributed by atoms with Gasteiger partial charge in [-0.2, -0.15) is 0 Å². The number of nitrogens with one attached hydrogen (secondary N) is 1. The third-order valence-electron chi connectivity index (χ3n) is 2.60. The predicted molar refractivity (Wildman–Crippen MR) is 80.1 cm³/mol. The Morgan fingerprint density at radius 3 is 2.70 bits per heavy atom. The zero-order valence-electron chi connectivity index (χ0n) is 10.4. The Balaban J connectivity index is 2.25. The average molecular weight is 359 g/mol. The van der Waals surface area contributed by atoms with E-state index in [0.717, 1.165) is 6.07 Å². The molecule has 0 spiro atoms. The highest BCUT2D eigenvalue weighted by molar-refractivity contribution is 9.10. The van der Waals surface area contributed by atoms with Gasteiger partial charge in [-0.25, -0.2) is 4.39 Å². The fourth-order valence-electron chi connectivity index (χ4n) is 1.56. The van der Waals surface area contributed by atoms with Crippen LogP contribution in [0, 0.1) is 5.82 Å². The van der Waals surface area contributed by atoms with Crippen LogP contribution in [0.15, 0.2) is 40.9 Å². The van der Waals surface area contributed by atoms with E-state index in [0.29, 0.717) is 15.9 Å². The lowest BCUT2D eigenvalue weighted by molar-refractivity contribution is 0.102. The van der Waals surface area contributed by atoms with Crippen LogP contribution in [0.3, 0.4) is 0 Å². The van der Waals surface area contributed by atoms with E-state index in [2.05, 4.69) is 21.2 Å². The molecule has 0 aliphatic rings. The molecule has 0 fully saturated rings. The Bertz CT molecular complexity index is 664. The predicted octanol–water partition coefficient (Wildman–Crippen LogP) is 4.50. The van der Waals surface area contributed by atoms with Crippen molar-refractivity contribution in [3.63, 3.8) is 0 Å². The van der Waals surface area contributed by atoms with Crippen molar-refractivity contribution in [2.45, 2.75) is 0 Å². The van der Waals surface area contributed by atoms with Crippen molar-refractivity contribution in [1.82, 2.24) is 0 Å². The van der Waals surface area contributed by atoms with Crippen molar-refractivity contribution in [2.75, 3.05) is 12.4 Å². The molecule has 2 aromatic rings. The summed E-state index contributed by atoms with van der Waals surface area (Å²) in [6.07, 6.45) is 0. The van der Waals surface area contributed by atoms with Crippen LogP contribution < -0.4 is 10.1 Å². The maximum Gasteiger partial charge on any atom is 0.255 e. The molecule has 0 aromatic heterocycles. The van der Waals surface area contributed by atoms with Gasteiger partial charge in [-0.1, -0.05) is 11.6 Å². The maximum absolute atomic E-state index is 13.3. The van der Waals surface area contributed by atoms with Gasteiger partial charge in [-0.05, 0) is 46.3 Å². The standard InChI is InChI=1S/C14H10BrClFNO2/c1-20-9-3-4-10(15)13(7-9)18-14(19)8-2-5-11(16)12(17)6-8/h2-7H,1H3,(H,18,19). The lowest BCUT2D eigenvalue weighted by atomic mass is 10.2. The molecule has 0 aliphatic carbocycles. The zero-order chi connectivity index (χ0) is 14.7. The van der Waals surface area contributed by atoms with Crippen LogP contribution in [-0.2, 0) is 0 Å². The zero-order valence-corrected chi connectivity index (χ0v) is 12.8. The number of anilines is 1. The Kier molecular flexibility index (Phi) is 4.62. The molecule has 0 heterocycles. The number of rotatable bonds is 3. The number of hydrogen-bond donors (Lipinski definition) is 1. The first-order chi connectivity index (χ1) is 9.51. The molecule has 0 bridgehead atoms. The quantitative estimate of drug-likeness (QED) is 0.877. The molecule has 2 rings (SSSR count).